The Bertz CT molecular complexity index is 586. The Hall–Kier alpha value is -2.34. The highest BCUT2D eigenvalue weighted by Crippen LogP contribution is 2.17. The Kier molecular flexibility index (Phi) is 8.32. The monoisotopic (exact) mass is 389 g/mol. The molecule has 3 atom stereocenters. The number of primary amides is 1. The van der Waals surface area contributed by atoms with Gasteiger partial charge in [0.15, 0.2) is 0 Å². The van der Waals surface area contributed by atoms with E-state index in [2.05, 4.69) is 23.3 Å². The topological polar surface area (TPSA) is 185 Å². The molecule has 1 heterocycles. The van der Waals surface area contributed by atoms with E-state index in [-0.39, 0.29) is 18.2 Å². The third-order valence-electron chi connectivity index (χ3n) is 3.89. The van der Waals surface area contributed by atoms with Gasteiger partial charge in [-0.1, -0.05) is 0 Å². The van der Waals surface area contributed by atoms with Gasteiger partial charge in [0.1, 0.15) is 18.1 Å². The molecule has 0 aromatic carbocycles. The summed E-state index contributed by atoms with van der Waals surface area (Å²) < 4.78 is 0. The maximum atomic E-state index is 12.4. The van der Waals surface area contributed by atoms with E-state index in [0.717, 1.165) is 0 Å². The quantitative estimate of drug-likeness (QED) is 0.224. The first-order chi connectivity index (χ1) is 12.2. The fraction of sp³-hybridized carbons (Fsp3) is 0.643. The van der Waals surface area contributed by atoms with Crippen LogP contribution in [0.5, 0.6) is 0 Å². The van der Waals surface area contributed by atoms with Crippen molar-refractivity contribution >= 4 is 42.2 Å². The zero-order valence-corrected chi connectivity index (χ0v) is 14.9. The van der Waals surface area contributed by atoms with Crippen molar-refractivity contribution in [3.8, 4) is 0 Å². The zero-order chi connectivity index (χ0) is 19.9. The molecule has 7 N–H and O–H groups in total. The van der Waals surface area contributed by atoms with Gasteiger partial charge in [-0.2, -0.15) is 12.6 Å². The predicted molar refractivity (Wildman–Crippen MR) is 93.0 cm³/mol. The van der Waals surface area contributed by atoms with E-state index in [1.807, 2.05) is 0 Å². The lowest BCUT2D eigenvalue weighted by Gasteiger charge is -2.26. The standard InChI is InChI=1S/C14H23N5O6S/c15-5-11(21)19-3-1-2-9(19)13(23)18-8(6-26)12(22)17-7(14(24)25)4-10(16)20/h7-9,26H,1-6,15H2,(H2,16,20)(H,17,22)(H,18,23)(H,24,25). The predicted octanol–water partition coefficient (Wildman–Crippen LogP) is -3.20. The highest BCUT2D eigenvalue weighted by Gasteiger charge is 2.35. The van der Waals surface area contributed by atoms with Crippen LogP contribution < -0.4 is 22.1 Å². The summed E-state index contributed by atoms with van der Waals surface area (Å²) in [4.78, 5) is 59.7. The molecule has 0 saturated carbocycles. The van der Waals surface area contributed by atoms with Crippen LogP contribution in [0.2, 0.25) is 0 Å². The van der Waals surface area contributed by atoms with Gasteiger partial charge < -0.3 is 32.1 Å². The largest absolute Gasteiger partial charge is 0.480 e. The van der Waals surface area contributed by atoms with Crippen LogP contribution in [0.15, 0.2) is 0 Å². The average Bonchev–Trinajstić information content (AvgIpc) is 3.07. The molecule has 26 heavy (non-hydrogen) atoms. The van der Waals surface area contributed by atoms with Gasteiger partial charge >= 0.3 is 5.97 Å². The van der Waals surface area contributed by atoms with Crippen molar-refractivity contribution in [3.05, 3.63) is 0 Å². The van der Waals surface area contributed by atoms with E-state index in [4.69, 9.17) is 16.6 Å². The van der Waals surface area contributed by atoms with Gasteiger partial charge in [-0.25, -0.2) is 4.79 Å². The molecule has 1 rings (SSSR count). The van der Waals surface area contributed by atoms with E-state index in [0.29, 0.717) is 19.4 Å². The first kappa shape index (κ1) is 21.7. The molecule has 1 saturated heterocycles. The van der Waals surface area contributed by atoms with E-state index < -0.39 is 48.2 Å². The Labute approximate surface area is 155 Å². The molecule has 0 bridgehead atoms. The van der Waals surface area contributed by atoms with Crippen LogP contribution in [-0.2, 0) is 24.0 Å². The number of nitrogens with zero attached hydrogens (tertiary/aromatic N) is 1. The molecule has 1 aliphatic heterocycles. The Morgan fingerprint density at radius 3 is 2.35 bits per heavy atom. The molecule has 0 aromatic rings. The van der Waals surface area contributed by atoms with Gasteiger partial charge in [0.25, 0.3) is 0 Å². The fourth-order valence-electron chi connectivity index (χ4n) is 2.59. The van der Waals surface area contributed by atoms with E-state index in [1.165, 1.54) is 4.90 Å². The van der Waals surface area contributed by atoms with Crippen molar-refractivity contribution in [2.24, 2.45) is 11.5 Å². The first-order valence-corrected chi connectivity index (χ1v) is 8.56. The summed E-state index contributed by atoms with van der Waals surface area (Å²) >= 11 is 3.98. The van der Waals surface area contributed by atoms with Crippen LogP contribution >= 0.6 is 12.6 Å². The highest BCUT2D eigenvalue weighted by molar-refractivity contribution is 7.80. The SMILES string of the molecule is NCC(=O)N1CCCC1C(=O)NC(CS)C(=O)NC(CC(N)=O)C(=O)O. The Balaban J connectivity index is 2.74. The summed E-state index contributed by atoms with van der Waals surface area (Å²) in [6.45, 7) is 0.166. The number of nitrogens with two attached hydrogens (primary N) is 2. The molecule has 12 heteroatoms. The lowest BCUT2D eigenvalue weighted by Crippen LogP contribution is -2.56. The second-order valence-corrected chi connectivity index (χ2v) is 6.13. The number of carbonyl (C=O) groups is 5. The fourth-order valence-corrected chi connectivity index (χ4v) is 2.85. The second kappa shape index (κ2) is 9.97. The van der Waals surface area contributed by atoms with E-state index in [1.54, 1.807) is 0 Å². The van der Waals surface area contributed by atoms with E-state index in [9.17, 15) is 24.0 Å². The lowest BCUT2D eigenvalue weighted by molar-refractivity contribution is -0.144. The molecule has 1 aliphatic rings. The molecule has 0 aromatic heterocycles. The maximum Gasteiger partial charge on any atom is 0.326 e. The minimum atomic E-state index is -1.51. The molecule has 0 radical (unpaired) electrons. The van der Waals surface area contributed by atoms with Crippen LogP contribution in [0.1, 0.15) is 19.3 Å². The summed E-state index contributed by atoms with van der Waals surface area (Å²) in [6.07, 6.45) is 0.467. The van der Waals surface area contributed by atoms with Crippen molar-refractivity contribution in [1.29, 1.82) is 0 Å². The number of amides is 4. The number of hydrogen-bond acceptors (Lipinski definition) is 7. The molecule has 0 aliphatic carbocycles. The number of carboxylic acid groups (broad SMARTS) is 1. The number of likely N-dealkylation sites (tertiary alicyclic amines) is 1. The van der Waals surface area contributed by atoms with Crippen LogP contribution in [-0.4, -0.2) is 76.6 Å². The summed E-state index contributed by atoms with van der Waals surface area (Å²) in [6, 6.07) is -3.40. The van der Waals surface area contributed by atoms with Crippen LogP contribution in [0.3, 0.4) is 0 Å². The highest BCUT2D eigenvalue weighted by atomic mass is 32.1. The molecule has 4 amide bonds. The number of carbonyl (C=O) groups excluding carboxylic acids is 4. The number of rotatable bonds is 9. The minimum absolute atomic E-state index is 0.113. The summed E-state index contributed by atoms with van der Waals surface area (Å²) in [5.74, 6) is -4.19. The van der Waals surface area contributed by atoms with Gasteiger partial charge in [0.2, 0.25) is 23.6 Å². The molecule has 0 spiro atoms. The third-order valence-corrected chi connectivity index (χ3v) is 4.25. The lowest BCUT2D eigenvalue weighted by atomic mass is 10.1. The first-order valence-electron chi connectivity index (χ1n) is 7.93. The van der Waals surface area contributed by atoms with Gasteiger partial charge in [0.05, 0.1) is 13.0 Å². The molecular formula is C14H23N5O6S. The molecule has 1 fully saturated rings. The van der Waals surface area contributed by atoms with Crippen LogP contribution in [0.25, 0.3) is 0 Å². The van der Waals surface area contributed by atoms with Crippen molar-refractivity contribution in [2.75, 3.05) is 18.8 Å². The van der Waals surface area contributed by atoms with Crippen molar-refractivity contribution < 1.29 is 29.1 Å². The molecular weight excluding hydrogens is 366 g/mol. The van der Waals surface area contributed by atoms with Gasteiger partial charge in [0, 0.05) is 12.3 Å². The number of thiol groups is 1. The summed E-state index contributed by atoms with van der Waals surface area (Å²) in [5.41, 5.74) is 10.3. The Morgan fingerprint density at radius 2 is 1.85 bits per heavy atom. The normalized spacial score (nSPS) is 18.7. The van der Waals surface area contributed by atoms with Crippen molar-refractivity contribution in [1.82, 2.24) is 15.5 Å². The summed E-state index contributed by atoms with van der Waals surface area (Å²) in [7, 11) is 0. The second-order valence-electron chi connectivity index (χ2n) is 5.76. The Morgan fingerprint density at radius 1 is 1.19 bits per heavy atom. The minimum Gasteiger partial charge on any atom is -0.480 e. The maximum absolute atomic E-state index is 12.4. The van der Waals surface area contributed by atoms with Crippen LogP contribution in [0.4, 0.5) is 0 Å². The third kappa shape index (κ3) is 5.88. The van der Waals surface area contributed by atoms with Gasteiger partial charge in [-0.3, -0.25) is 19.2 Å². The van der Waals surface area contributed by atoms with Gasteiger partial charge in [-0.15, -0.1) is 0 Å². The smallest absolute Gasteiger partial charge is 0.326 e. The number of hydrogen-bond donors (Lipinski definition) is 6. The molecule has 11 nitrogen and oxygen atoms in total. The van der Waals surface area contributed by atoms with Crippen molar-refractivity contribution in [3.63, 3.8) is 0 Å². The zero-order valence-electron chi connectivity index (χ0n) is 14.0. The number of nitrogens with one attached hydrogen (secondary N) is 2. The molecule has 146 valence electrons. The van der Waals surface area contributed by atoms with E-state index >= 15 is 0 Å². The van der Waals surface area contributed by atoms with Crippen LogP contribution in [0, 0.1) is 0 Å². The average molecular weight is 389 g/mol. The summed E-state index contributed by atoms with van der Waals surface area (Å²) in [5, 5.41) is 13.6. The van der Waals surface area contributed by atoms with Gasteiger partial charge in [-0.05, 0) is 12.8 Å². The molecule has 3 unspecified atom stereocenters. The van der Waals surface area contributed by atoms with Crippen molar-refractivity contribution in [2.45, 2.75) is 37.4 Å². The number of aliphatic carboxylic acids is 1. The number of carboxylic acids is 1.